The molecule has 6 nitrogen and oxygen atoms in total. The molecule has 0 saturated carbocycles. The van der Waals surface area contributed by atoms with E-state index in [1.54, 1.807) is 13.1 Å². The number of nitrogens with zero attached hydrogens (tertiary/aromatic N) is 3. The Bertz CT molecular complexity index is 493. The Kier molecular flexibility index (Phi) is 5.16. The number of piperidine rings is 1. The molecule has 3 N–H and O–H groups in total. The van der Waals surface area contributed by atoms with Gasteiger partial charge in [-0.15, -0.1) is 0 Å². The fourth-order valence-electron chi connectivity index (χ4n) is 2.95. The zero-order valence-electron chi connectivity index (χ0n) is 13.0. The zero-order valence-corrected chi connectivity index (χ0v) is 13.0. The average molecular weight is 295 g/mol. The number of aliphatic hydroxyl groups is 2. The smallest absolute Gasteiger partial charge is 0.141 e. The predicted octanol–water partition coefficient (Wildman–Crippen LogP) is 0.0847. The van der Waals surface area contributed by atoms with E-state index in [0.29, 0.717) is 29.9 Å². The molecule has 0 aliphatic carbocycles. The number of aliphatic hydroxyl groups excluding tert-OH is 2. The first-order valence-electron chi connectivity index (χ1n) is 7.28. The summed E-state index contributed by atoms with van der Waals surface area (Å²) in [5.74, 6) is 0.144. The molecule has 118 valence electrons. The fourth-order valence-corrected chi connectivity index (χ4v) is 2.95. The van der Waals surface area contributed by atoms with E-state index in [2.05, 4.69) is 14.8 Å². The van der Waals surface area contributed by atoms with Crippen LogP contribution in [0.4, 0.5) is 0 Å². The zero-order chi connectivity index (χ0) is 15.6. The second-order valence-corrected chi connectivity index (χ2v) is 5.98. The summed E-state index contributed by atoms with van der Waals surface area (Å²) < 4.78 is 0. The Morgan fingerprint density at radius 2 is 2.14 bits per heavy atom. The molecule has 2 atom stereocenters. The van der Waals surface area contributed by atoms with E-state index in [1.165, 1.54) is 0 Å². The van der Waals surface area contributed by atoms with Crippen molar-refractivity contribution in [2.24, 2.45) is 0 Å². The summed E-state index contributed by atoms with van der Waals surface area (Å²) in [4.78, 5) is 8.23. The number of pyridine rings is 1. The minimum atomic E-state index is -0.406. The summed E-state index contributed by atoms with van der Waals surface area (Å²) in [6.45, 7) is 3.53. The maximum atomic E-state index is 10.2. The SMILES string of the molecule is Cc1ncc(CO)c(CN2CC[C@H](N(C)C)[C@@H](O)C2)c1O. The van der Waals surface area contributed by atoms with Crippen molar-refractivity contribution in [1.29, 1.82) is 0 Å². The molecule has 0 unspecified atom stereocenters. The van der Waals surface area contributed by atoms with E-state index < -0.39 is 6.10 Å². The number of aromatic hydroxyl groups is 1. The van der Waals surface area contributed by atoms with Crippen LogP contribution in [0.1, 0.15) is 23.2 Å². The summed E-state index contributed by atoms with van der Waals surface area (Å²) in [5, 5.41) is 29.8. The highest BCUT2D eigenvalue weighted by Gasteiger charge is 2.29. The van der Waals surface area contributed by atoms with Gasteiger partial charge >= 0.3 is 0 Å². The lowest BCUT2D eigenvalue weighted by atomic mass is 9.99. The van der Waals surface area contributed by atoms with Gasteiger partial charge in [-0.1, -0.05) is 0 Å². The summed E-state index contributed by atoms with van der Waals surface area (Å²) >= 11 is 0. The number of likely N-dealkylation sites (tertiary alicyclic amines) is 1. The molecule has 1 saturated heterocycles. The van der Waals surface area contributed by atoms with Crippen LogP contribution < -0.4 is 0 Å². The van der Waals surface area contributed by atoms with Gasteiger partial charge < -0.3 is 20.2 Å². The summed E-state index contributed by atoms with van der Waals surface area (Å²) in [6, 6.07) is 0.173. The Balaban J connectivity index is 2.11. The van der Waals surface area contributed by atoms with Crippen molar-refractivity contribution in [2.75, 3.05) is 27.2 Å². The molecule has 0 radical (unpaired) electrons. The number of aryl methyl sites for hydroxylation is 1. The number of hydrogen-bond acceptors (Lipinski definition) is 6. The third kappa shape index (κ3) is 3.52. The van der Waals surface area contributed by atoms with Gasteiger partial charge in [-0.05, 0) is 27.4 Å². The molecular formula is C15H25N3O3. The van der Waals surface area contributed by atoms with E-state index >= 15 is 0 Å². The van der Waals surface area contributed by atoms with Crippen LogP contribution in [-0.4, -0.2) is 69.4 Å². The first-order chi connectivity index (χ1) is 9.93. The standard InChI is InChI=1S/C15H25N3O3/c1-10-15(21)12(11(9-19)6-16-10)7-18-5-4-13(17(2)3)14(20)8-18/h6,13-14,19-21H,4-5,7-9H2,1-3H3/t13-,14-/m0/s1. The molecule has 6 heteroatoms. The first-order valence-corrected chi connectivity index (χ1v) is 7.28. The highest BCUT2D eigenvalue weighted by atomic mass is 16.3. The van der Waals surface area contributed by atoms with Crippen LogP contribution >= 0.6 is 0 Å². The van der Waals surface area contributed by atoms with Gasteiger partial charge in [0.25, 0.3) is 0 Å². The van der Waals surface area contributed by atoms with Gasteiger partial charge in [-0.25, -0.2) is 0 Å². The van der Waals surface area contributed by atoms with Gasteiger partial charge in [0.1, 0.15) is 5.75 Å². The Morgan fingerprint density at radius 3 is 2.71 bits per heavy atom. The molecule has 21 heavy (non-hydrogen) atoms. The molecule has 0 bridgehead atoms. The first kappa shape index (κ1) is 16.2. The quantitative estimate of drug-likeness (QED) is 0.730. The molecule has 0 spiro atoms. The van der Waals surface area contributed by atoms with Crippen molar-refractivity contribution in [3.63, 3.8) is 0 Å². The van der Waals surface area contributed by atoms with Crippen molar-refractivity contribution in [3.8, 4) is 5.75 Å². The van der Waals surface area contributed by atoms with Crippen molar-refractivity contribution in [1.82, 2.24) is 14.8 Å². The van der Waals surface area contributed by atoms with Crippen molar-refractivity contribution in [3.05, 3.63) is 23.0 Å². The number of β-amino-alcohol motifs (C(OH)–C–C–N with tert-alkyl or cyclic N) is 1. The van der Waals surface area contributed by atoms with Crippen LogP contribution in [0.25, 0.3) is 0 Å². The number of aromatic nitrogens is 1. The molecular weight excluding hydrogens is 270 g/mol. The second-order valence-electron chi connectivity index (χ2n) is 5.98. The maximum absolute atomic E-state index is 10.2. The van der Waals surface area contributed by atoms with E-state index in [4.69, 9.17) is 0 Å². The number of rotatable bonds is 4. The summed E-state index contributed by atoms with van der Waals surface area (Å²) in [7, 11) is 3.96. The Hall–Kier alpha value is -1.21. The lowest BCUT2D eigenvalue weighted by Crippen LogP contribution is -2.51. The van der Waals surface area contributed by atoms with Crippen LogP contribution in [0.5, 0.6) is 5.75 Å². The van der Waals surface area contributed by atoms with Gasteiger partial charge in [0.2, 0.25) is 0 Å². The molecule has 2 heterocycles. The fraction of sp³-hybridized carbons (Fsp3) is 0.667. The van der Waals surface area contributed by atoms with Gasteiger partial charge in [-0.3, -0.25) is 9.88 Å². The number of hydrogen-bond donors (Lipinski definition) is 3. The van der Waals surface area contributed by atoms with E-state index in [0.717, 1.165) is 13.0 Å². The third-order valence-corrected chi connectivity index (χ3v) is 4.28. The molecule has 1 aliphatic heterocycles. The number of likely N-dealkylation sites (N-methyl/N-ethyl adjacent to an activating group) is 1. The van der Waals surface area contributed by atoms with Crippen LogP contribution in [-0.2, 0) is 13.2 Å². The topological polar surface area (TPSA) is 80.1 Å². The third-order valence-electron chi connectivity index (χ3n) is 4.28. The highest BCUT2D eigenvalue weighted by molar-refractivity contribution is 5.40. The summed E-state index contributed by atoms with van der Waals surface area (Å²) in [6.07, 6.45) is 2.08. The van der Waals surface area contributed by atoms with Crippen molar-refractivity contribution >= 4 is 0 Å². The van der Waals surface area contributed by atoms with E-state index in [9.17, 15) is 15.3 Å². The van der Waals surface area contributed by atoms with Crippen LogP contribution in [0, 0.1) is 6.92 Å². The van der Waals surface area contributed by atoms with E-state index in [1.807, 2.05) is 14.1 Å². The van der Waals surface area contributed by atoms with Crippen LogP contribution in [0.2, 0.25) is 0 Å². The maximum Gasteiger partial charge on any atom is 0.141 e. The Morgan fingerprint density at radius 1 is 1.43 bits per heavy atom. The average Bonchev–Trinajstić information content (AvgIpc) is 2.44. The minimum Gasteiger partial charge on any atom is -0.506 e. The molecule has 1 fully saturated rings. The highest BCUT2D eigenvalue weighted by Crippen LogP contribution is 2.27. The molecule has 1 aliphatic rings. The van der Waals surface area contributed by atoms with Gasteiger partial charge in [0, 0.05) is 43.0 Å². The molecule has 1 aromatic rings. The van der Waals surface area contributed by atoms with E-state index in [-0.39, 0.29) is 18.4 Å². The largest absolute Gasteiger partial charge is 0.506 e. The predicted molar refractivity (Wildman–Crippen MR) is 79.9 cm³/mol. The molecule has 0 aromatic carbocycles. The molecule has 1 aromatic heterocycles. The normalized spacial score (nSPS) is 23.7. The van der Waals surface area contributed by atoms with Gasteiger partial charge in [-0.2, -0.15) is 0 Å². The van der Waals surface area contributed by atoms with Crippen LogP contribution in [0.3, 0.4) is 0 Å². The van der Waals surface area contributed by atoms with Crippen molar-refractivity contribution in [2.45, 2.75) is 38.6 Å². The lowest BCUT2D eigenvalue weighted by Gasteiger charge is -2.39. The minimum absolute atomic E-state index is 0.144. The molecule has 0 amide bonds. The van der Waals surface area contributed by atoms with Crippen LogP contribution in [0.15, 0.2) is 6.20 Å². The van der Waals surface area contributed by atoms with Crippen molar-refractivity contribution < 1.29 is 15.3 Å². The summed E-state index contributed by atoms with van der Waals surface area (Å²) in [5.41, 5.74) is 1.91. The second kappa shape index (κ2) is 6.70. The van der Waals surface area contributed by atoms with Gasteiger partial charge in [0.05, 0.1) is 18.4 Å². The van der Waals surface area contributed by atoms with Gasteiger partial charge in [0.15, 0.2) is 0 Å². The monoisotopic (exact) mass is 295 g/mol. The molecule has 2 rings (SSSR count). The lowest BCUT2D eigenvalue weighted by molar-refractivity contribution is 0.00119. The Labute approximate surface area is 125 Å².